The van der Waals surface area contributed by atoms with Crippen molar-refractivity contribution >= 4 is 31.5 Å². The second-order valence-corrected chi connectivity index (χ2v) is 6.10. The van der Waals surface area contributed by atoms with Crippen molar-refractivity contribution in [2.45, 2.75) is 40.5 Å². The van der Waals surface area contributed by atoms with E-state index in [1.165, 1.54) is 31.3 Å². The third-order valence-corrected chi connectivity index (χ3v) is 4.43. The first-order valence-electron chi connectivity index (χ1n) is 7.08. The topological polar surface area (TPSA) is 0 Å². The van der Waals surface area contributed by atoms with Gasteiger partial charge in [-0.25, -0.2) is 0 Å². The van der Waals surface area contributed by atoms with Gasteiger partial charge in [0.25, 0.3) is 0 Å². The zero-order valence-corrected chi connectivity index (χ0v) is 13.3. The molecule has 0 saturated heterocycles. The molecule has 0 bridgehead atoms. The Morgan fingerprint density at radius 1 is 0.842 bits per heavy atom. The van der Waals surface area contributed by atoms with E-state index in [1.54, 1.807) is 0 Å². The highest BCUT2D eigenvalue weighted by Gasteiger charge is 2.07. The van der Waals surface area contributed by atoms with Crippen molar-refractivity contribution in [1.29, 1.82) is 0 Å². The number of fused-ring (bicyclic) bond motifs is 3. The van der Waals surface area contributed by atoms with Crippen molar-refractivity contribution in [3.8, 4) is 0 Å². The van der Waals surface area contributed by atoms with Crippen LogP contribution in [0, 0.1) is 6.92 Å². The van der Waals surface area contributed by atoms with E-state index in [1.807, 2.05) is 25.2 Å². The number of aryl methyl sites for hydroxylation is 1. The molecule has 0 spiro atoms. The van der Waals surface area contributed by atoms with E-state index < -0.39 is 0 Å². The zero-order chi connectivity index (χ0) is 14.0. The predicted octanol–water partition coefficient (Wildman–Crippen LogP) is 6.51. The highest BCUT2D eigenvalue weighted by atomic mass is 32.1. The molecule has 0 atom stereocenters. The number of thiophene rings is 1. The van der Waals surface area contributed by atoms with Crippen LogP contribution < -0.4 is 0 Å². The summed E-state index contributed by atoms with van der Waals surface area (Å²) in [6.07, 6.45) is 0. The number of rotatable bonds is 1. The van der Waals surface area contributed by atoms with Crippen LogP contribution in [0.1, 0.15) is 44.7 Å². The van der Waals surface area contributed by atoms with Crippen LogP contribution in [0.2, 0.25) is 0 Å². The summed E-state index contributed by atoms with van der Waals surface area (Å²) < 4.78 is 2.82. The maximum absolute atomic E-state index is 2.35. The molecule has 0 radical (unpaired) electrons. The molecular weight excluding hydrogens is 248 g/mol. The molecule has 0 aliphatic rings. The summed E-state index contributed by atoms with van der Waals surface area (Å²) in [5.74, 6) is 0.603. The van der Waals surface area contributed by atoms with Gasteiger partial charge in [0, 0.05) is 20.2 Å². The van der Waals surface area contributed by atoms with Crippen molar-refractivity contribution in [2.75, 3.05) is 0 Å². The molecule has 0 saturated carbocycles. The summed E-state index contributed by atoms with van der Waals surface area (Å²) in [5, 5.41) is 2.79. The summed E-state index contributed by atoms with van der Waals surface area (Å²) in [5.41, 5.74) is 2.77. The summed E-state index contributed by atoms with van der Waals surface area (Å²) >= 11 is 1.91. The second-order valence-electron chi connectivity index (χ2n) is 5.01. The third-order valence-electron chi connectivity index (χ3n) is 3.32. The molecule has 2 aromatic carbocycles. The highest BCUT2D eigenvalue weighted by Crippen LogP contribution is 2.35. The Morgan fingerprint density at radius 2 is 1.42 bits per heavy atom. The molecule has 0 fully saturated rings. The average molecular weight is 270 g/mol. The molecule has 0 aliphatic carbocycles. The molecule has 19 heavy (non-hydrogen) atoms. The molecule has 1 heteroatoms. The Morgan fingerprint density at radius 3 is 2.05 bits per heavy atom. The lowest BCUT2D eigenvalue weighted by Crippen LogP contribution is -1.84. The van der Waals surface area contributed by atoms with Crippen LogP contribution in [-0.2, 0) is 0 Å². The maximum Gasteiger partial charge on any atom is 0.0358 e. The van der Waals surface area contributed by atoms with Crippen LogP contribution in [0.5, 0.6) is 0 Å². The van der Waals surface area contributed by atoms with Gasteiger partial charge in [-0.15, -0.1) is 11.3 Å². The standard InChI is InChI=1S/C16H16S.C2H6/c1-10(2)12-5-7-14-13-6-4-11(3)8-15(13)17-16(14)9-12;1-2/h4-10H,1-3H3;1-2H3. The highest BCUT2D eigenvalue weighted by molar-refractivity contribution is 7.25. The van der Waals surface area contributed by atoms with Crippen molar-refractivity contribution in [3.63, 3.8) is 0 Å². The van der Waals surface area contributed by atoms with Crippen LogP contribution in [-0.4, -0.2) is 0 Å². The monoisotopic (exact) mass is 270 g/mol. The largest absolute Gasteiger partial charge is 0.135 e. The number of hydrogen-bond acceptors (Lipinski definition) is 1. The van der Waals surface area contributed by atoms with Crippen molar-refractivity contribution in [1.82, 2.24) is 0 Å². The van der Waals surface area contributed by atoms with Crippen LogP contribution in [0.25, 0.3) is 20.2 Å². The van der Waals surface area contributed by atoms with Crippen LogP contribution in [0.15, 0.2) is 36.4 Å². The van der Waals surface area contributed by atoms with Gasteiger partial charge in [0.15, 0.2) is 0 Å². The molecule has 100 valence electrons. The lowest BCUT2D eigenvalue weighted by atomic mass is 10.0. The summed E-state index contributed by atoms with van der Waals surface area (Å²) in [4.78, 5) is 0. The van der Waals surface area contributed by atoms with E-state index >= 15 is 0 Å². The first-order valence-corrected chi connectivity index (χ1v) is 7.89. The minimum absolute atomic E-state index is 0.603. The molecular formula is C18H22S. The SMILES string of the molecule is CC.Cc1ccc2c(c1)sc1cc(C(C)C)ccc12. The quantitative estimate of drug-likeness (QED) is 0.472. The number of hydrogen-bond donors (Lipinski definition) is 0. The van der Waals surface area contributed by atoms with Gasteiger partial charge >= 0.3 is 0 Å². The van der Waals surface area contributed by atoms with Gasteiger partial charge in [-0.3, -0.25) is 0 Å². The van der Waals surface area contributed by atoms with E-state index in [-0.39, 0.29) is 0 Å². The zero-order valence-electron chi connectivity index (χ0n) is 12.4. The van der Waals surface area contributed by atoms with Gasteiger partial charge in [0.05, 0.1) is 0 Å². The lowest BCUT2D eigenvalue weighted by Gasteiger charge is -2.04. The lowest BCUT2D eigenvalue weighted by molar-refractivity contribution is 0.869. The third kappa shape index (κ3) is 2.66. The van der Waals surface area contributed by atoms with Gasteiger partial charge < -0.3 is 0 Å². The average Bonchev–Trinajstić information content (AvgIpc) is 2.77. The van der Waals surface area contributed by atoms with E-state index in [9.17, 15) is 0 Å². The van der Waals surface area contributed by atoms with Crippen LogP contribution in [0.4, 0.5) is 0 Å². The molecule has 1 aromatic heterocycles. The summed E-state index contributed by atoms with van der Waals surface area (Å²) in [6, 6.07) is 13.6. The Bertz CT molecular complexity index is 689. The van der Waals surface area contributed by atoms with Crippen molar-refractivity contribution in [3.05, 3.63) is 47.5 Å². The maximum atomic E-state index is 2.35. The minimum atomic E-state index is 0.603. The first-order chi connectivity index (χ1) is 9.15. The van der Waals surface area contributed by atoms with Gasteiger partial charge in [0.1, 0.15) is 0 Å². The fourth-order valence-corrected chi connectivity index (χ4v) is 3.51. The fourth-order valence-electron chi connectivity index (χ4n) is 2.26. The molecule has 1 heterocycles. The Kier molecular flexibility index (Phi) is 4.26. The molecule has 3 aromatic rings. The van der Waals surface area contributed by atoms with Crippen molar-refractivity contribution < 1.29 is 0 Å². The molecule has 0 nitrogen and oxygen atoms in total. The van der Waals surface area contributed by atoms with Gasteiger partial charge in [-0.2, -0.15) is 0 Å². The Labute approximate surface area is 120 Å². The molecule has 0 N–H and O–H groups in total. The van der Waals surface area contributed by atoms with Crippen molar-refractivity contribution in [2.24, 2.45) is 0 Å². The van der Waals surface area contributed by atoms with Gasteiger partial charge in [-0.05, 0) is 36.1 Å². The normalized spacial score (nSPS) is 10.8. The van der Waals surface area contributed by atoms with Gasteiger partial charge in [0.2, 0.25) is 0 Å². The minimum Gasteiger partial charge on any atom is -0.135 e. The Hall–Kier alpha value is -1.34. The second kappa shape index (κ2) is 5.75. The van der Waals surface area contributed by atoms with Crippen LogP contribution >= 0.6 is 11.3 Å². The molecule has 0 unspecified atom stereocenters. The van der Waals surface area contributed by atoms with Crippen LogP contribution in [0.3, 0.4) is 0 Å². The van der Waals surface area contributed by atoms with Gasteiger partial charge in [-0.1, -0.05) is 52.0 Å². The predicted molar refractivity (Wildman–Crippen MR) is 89.5 cm³/mol. The fraction of sp³-hybridized carbons (Fsp3) is 0.333. The summed E-state index contributed by atoms with van der Waals surface area (Å²) in [7, 11) is 0. The first kappa shape index (κ1) is 14.1. The van der Waals surface area contributed by atoms with E-state index in [2.05, 4.69) is 57.2 Å². The number of benzene rings is 2. The molecule has 0 amide bonds. The van der Waals surface area contributed by atoms with E-state index in [0.29, 0.717) is 5.92 Å². The summed E-state index contributed by atoms with van der Waals surface area (Å²) in [6.45, 7) is 10.7. The van der Waals surface area contributed by atoms with E-state index in [4.69, 9.17) is 0 Å². The Balaban J connectivity index is 0.000000637. The van der Waals surface area contributed by atoms with E-state index in [0.717, 1.165) is 0 Å². The molecule has 3 rings (SSSR count). The molecule has 0 aliphatic heterocycles. The smallest absolute Gasteiger partial charge is 0.0358 e.